The lowest BCUT2D eigenvalue weighted by Crippen LogP contribution is -1.99. The summed E-state index contributed by atoms with van der Waals surface area (Å²) in [6.07, 6.45) is 1.41. The first-order valence-electron chi connectivity index (χ1n) is 13.0. The third-order valence-electron chi connectivity index (χ3n) is 6.87. The number of rotatable bonds is 6. The van der Waals surface area contributed by atoms with Crippen LogP contribution in [0.3, 0.4) is 0 Å². The van der Waals surface area contributed by atoms with E-state index < -0.39 is 0 Å². The minimum Gasteiger partial charge on any atom is -0.497 e. The Hall–Kier alpha value is -4.86. The molecule has 10 heteroatoms. The summed E-state index contributed by atoms with van der Waals surface area (Å²) in [7, 11) is 3.33. The second-order valence-corrected chi connectivity index (χ2v) is 9.66. The fourth-order valence-electron chi connectivity index (χ4n) is 4.74. The van der Waals surface area contributed by atoms with Gasteiger partial charge < -0.3 is 9.47 Å². The zero-order chi connectivity index (χ0) is 28.2. The average Bonchev–Trinajstić information content (AvgIpc) is 3.57. The Balaban J connectivity index is 0.000000161. The van der Waals surface area contributed by atoms with Gasteiger partial charge in [0, 0.05) is 35.0 Å². The summed E-state index contributed by atoms with van der Waals surface area (Å²) in [4.78, 5) is 0. The van der Waals surface area contributed by atoms with Crippen molar-refractivity contribution < 1.29 is 9.47 Å². The van der Waals surface area contributed by atoms with Gasteiger partial charge in [0.25, 0.3) is 0 Å². The van der Waals surface area contributed by atoms with Gasteiger partial charge in [0.05, 0.1) is 37.0 Å². The molecule has 0 saturated carbocycles. The van der Waals surface area contributed by atoms with Crippen LogP contribution in [0.4, 0.5) is 0 Å². The number of methoxy groups -OCH3 is 2. The lowest BCUT2D eigenvalue weighted by atomic mass is 10.1. The lowest BCUT2D eigenvalue weighted by Gasteiger charge is -2.04. The van der Waals surface area contributed by atoms with Gasteiger partial charge in [-0.05, 0) is 63.1 Å². The van der Waals surface area contributed by atoms with Gasteiger partial charge in [0.15, 0.2) is 0 Å². The van der Waals surface area contributed by atoms with E-state index in [1.165, 1.54) is 0 Å². The Morgan fingerprint density at radius 1 is 0.550 bits per heavy atom. The molecule has 0 aliphatic heterocycles. The van der Waals surface area contributed by atoms with Crippen molar-refractivity contribution in [2.75, 3.05) is 14.2 Å². The van der Waals surface area contributed by atoms with Crippen LogP contribution in [0.5, 0.6) is 11.5 Å². The van der Waals surface area contributed by atoms with E-state index in [1.54, 1.807) is 14.2 Å². The number of hydrogen-bond acceptors (Lipinski definition) is 8. The molecule has 0 spiro atoms. The zero-order valence-corrected chi connectivity index (χ0v) is 23.5. The zero-order valence-electron chi connectivity index (χ0n) is 23.5. The third kappa shape index (κ3) is 5.47. The highest BCUT2D eigenvalue weighted by Gasteiger charge is 2.14. The quantitative estimate of drug-likeness (QED) is 0.300. The molecule has 6 aromatic rings. The van der Waals surface area contributed by atoms with Gasteiger partial charge in [-0.1, -0.05) is 24.3 Å². The largest absolute Gasteiger partial charge is 0.497 e. The molecule has 6 rings (SSSR count). The van der Waals surface area contributed by atoms with Crippen molar-refractivity contribution in [1.82, 2.24) is 40.8 Å². The van der Waals surface area contributed by atoms with E-state index >= 15 is 0 Å². The van der Waals surface area contributed by atoms with Crippen molar-refractivity contribution in [3.8, 4) is 11.5 Å². The van der Waals surface area contributed by atoms with Crippen molar-refractivity contribution in [1.29, 1.82) is 0 Å². The maximum absolute atomic E-state index is 5.16. The second kappa shape index (κ2) is 11.5. The minimum absolute atomic E-state index is 0.706. The Morgan fingerprint density at radius 3 is 1.27 bits per heavy atom. The van der Waals surface area contributed by atoms with E-state index in [9.17, 15) is 0 Å². The molecule has 2 N–H and O–H groups in total. The molecule has 0 aliphatic rings. The molecule has 0 fully saturated rings. The van der Waals surface area contributed by atoms with Crippen LogP contribution >= 0.6 is 0 Å². The standard InChI is InChI=1S/2C15H16N4O/c2*1-9-14-10(2)17-19-15(14)13(18-16-9)8-11-4-6-12(20-3)7-5-11/h2*4-7H,8H2,1-3H3,(H,17,19). The highest BCUT2D eigenvalue weighted by Crippen LogP contribution is 2.24. The third-order valence-corrected chi connectivity index (χ3v) is 6.87. The molecule has 4 aromatic heterocycles. The van der Waals surface area contributed by atoms with Crippen LogP contribution in [0, 0.1) is 27.7 Å². The van der Waals surface area contributed by atoms with Crippen LogP contribution < -0.4 is 9.47 Å². The Kier molecular flexibility index (Phi) is 7.68. The van der Waals surface area contributed by atoms with E-state index in [-0.39, 0.29) is 0 Å². The number of aryl methyl sites for hydroxylation is 4. The summed E-state index contributed by atoms with van der Waals surface area (Å²) >= 11 is 0. The molecule has 2 aromatic carbocycles. The summed E-state index contributed by atoms with van der Waals surface area (Å²) in [5.74, 6) is 1.70. The van der Waals surface area contributed by atoms with Crippen LogP contribution in [0.25, 0.3) is 21.8 Å². The van der Waals surface area contributed by atoms with Gasteiger partial charge in [-0.2, -0.15) is 30.6 Å². The number of aromatic amines is 2. The van der Waals surface area contributed by atoms with Crippen molar-refractivity contribution in [2.24, 2.45) is 0 Å². The van der Waals surface area contributed by atoms with Crippen LogP contribution in [0.15, 0.2) is 48.5 Å². The summed E-state index contributed by atoms with van der Waals surface area (Å²) < 4.78 is 10.3. The molecule has 0 unspecified atom stereocenters. The molecule has 4 heterocycles. The molecule has 0 aliphatic carbocycles. The first-order valence-corrected chi connectivity index (χ1v) is 13.0. The monoisotopic (exact) mass is 536 g/mol. The second-order valence-electron chi connectivity index (χ2n) is 9.66. The molecular weight excluding hydrogens is 504 g/mol. The van der Waals surface area contributed by atoms with Crippen molar-refractivity contribution in [2.45, 2.75) is 40.5 Å². The maximum Gasteiger partial charge on any atom is 0.118 e. The van der Waals surface area contributed by atoms with Crippen LogP contribution in [-0.2, 0) is 12.8 Å². The average molecular weight is 537 g/mol. The topological polar surface area (TPSA) is 127 Å². The number of H-pyrrole nitrogens is 2. The number of nitrogens with one attached hydrogen (secondary N) is 2. The summed E-state index contributed by atoms with van der Waals surface area (Å²) in [5, 5.41) is 33.9. The Morgan fingerprint density at radius 2 is 0.925 bits per heavy atom. The van der Waals surface area contributed by atoms with Crippen LogP contribution in [0.1, 0.15) is 45.3 Å². The van der Waals surface area contributed by atoms with Crippen molar-refractivity contribution in [3.05, 3.63) is 93.8 Å². The number of ether oxygens (including phenoxy) is 2. The fraction of sp³-hybridized carbons (Fsp3) is 0.267. The molecule has 10 nitrogen and oxygen atoms in total. The van der Waals surface area contributed by atoms with Crippen LogP contribution in [-0.4, -0.2) is 55.0 Å². The number of nitrogens with zero attached hydrogens (tertiary/aromatic N) is 6. The molecule has 0 radical (unpaired) electrons. The first kappa shape index (κ1) is 26.7. The smallest absolute Gasteiger partial charge is 0.118 e. The number of fused-ring (bicyclic) bond motifs is 2. The van der Waals surface area contributed by atoms with Crippen LogP contribution in [0.2, 0.25) is 0 Å². The van der Waals surface area contributed by atoms with Gasteiger partial charge in [-0.25, -0.2) is 0 Å². The lowest BCUT2D eigenvalue weighted by molar-refractivity contribution is 0.414. The molecule has 204 valence electrons. The van der Waals surface area contributed by atoms with E-state index in [4.69, 9.17) is 9.47 Å². The Bertz CT molecular complexity index is 1620. The highest BCUT2D eigenvalue weighted by molar-refractivity contribution is 5.85. The van der Waals surface area contributed by atoms with E-state index in [1.807, 2.05) is 76.2 Å². The number of hydrogen-bond donors (Lipinski definition) is 2. The predicted octanol–water partition coefficient (Wildman–Crippen LogP) is 5.14. The molecule has 0 saturated heterocycles. The summed E-state index contributed by atoms with van der Waals surface area (Å²) in [6, 6.07) is 15.9. The van der Waals surface area contributed by atoms with E-state index in [0.29, 0.717) is 12.8 Å². The Labute approximate surface area is 232 Å². The normalized spacial score (nSPS) is 10.9. The van der Waals surface area contributed by atoms with Gasteiger partial charge in [-0.15, -0.1) is 0 Å². The predicted molar refractivity (Wildman–Crippen MR) is 154 cm³/mol. The highest BCUT2D eigenvalue weighted by atomic mass is 16.5. The molecule has 0 bridgehead atoms. The SMILES string of the molecule is COc1ccc(Cc2nnc(C)c3c(C)[nH]nc23)cc1.COc1ccc(Cc2nnc(C)c3c(C)[nH]nc23)cc1. The molecular formula is C30H32N8O2. The van der Waals surface area contributed by atoms with Gasteiger partial charge in [-0.3, -0.25) is 10.2 Å². The molecule has 40 heavy (non-hydrogen) atoms. The molecule has 0 amide bonds. The molecule has 0 atom stereocenters. The number of benzene rings is 2. The van der Waals surface area contributed by atoms with Crippen molar-refractivity contribution in [3.63, 3.8) is 0 Å². The minimum atomic E-state index is 0.706. The van der Waals surface area contributed by atoms with Crippen molar-refractivity contribution >= 4 is 21.8 Å². The maximum atomic E-state index is 5.16. The summed E-state index contributed by atoms with van der Waals surface area (Å²) in [6.45, 7) is 7.91. The fourth-order valence-corrected chi connectivity index (χ4v) is 4.74. The van der Waals surface area contributed by atoms with Gasteiger partial charge >= 0.3 is 0 Å². The first-order chi connectivity index (χ1) is 19.4. The summed E-state index contributed by atoms with van der Waals surface area (Å²) in [5.41, 5.74) is 9.79. The van der Waals surface area contributed by atoms with E-state index in [2.05, 4.69) is 40.8 Å². The number of aromatic nitrogens is 8. The van der Waals surface area contributed by atoms with Gasteiger partial charge in [0.2, 0.25) is 0 Å². The van der Waals surface area contributed by atoms with E-state index in [0.717, 1.165) is 78.6 Å². The van der Waals surface area contributed by atoms with Gasteiger partial charge in [0.1, 0.15) is 22.5 Å².